The van der Waals surface area contributed by atoms with E-state index in [0.717, 1.165) is 0 Å². The lowest BCUT2D eigenvalue weighted by Gasteiger charge is -2.08. The maximum absolute atomic E-state index is 12.4. The number of hydrogen-bond donors (Lipinski definition) is 2. The number of benzene rings is 2. The van der Waals surface area contributed by atoms with E-state index in [-0.39, 0.29) is 11.8 Å². The van der Waals surface area contributed by atoms with Gasteiger partial charge in [0.05, 0.1) is 26.1 Å². The summed E-state index contributed by atoms with van der Waals surface area (Å²) >= 11 is 0. The molecule has 0 radical (unpaired) electrons. The van der Waals surface area contributed by atoms with Gasteiger partial charge in [0.1, 0.15) is 11.5 Å². The fourth-order valence-corrected chi connectivity index (χ4v) is 2.80. The van der Waals surface area contributed by atoms with Crippen LogP contribution >= 0.6 is 0 Å². The van der Waals surface area contributed by atoms with Crippen molar-refractivity contribution in [2.24, 2.45) is 11.8 Å². The summed E-state index contributed by atoms with van der Waals surface area (Å²) in [4.78, 5) is 24.9. The molecule has 0 aromatic heterocycles. The number of amides is 2. The lowest BCUT2D eigenvalue weighted by Crippen LogP contribution is -2.20. The monoisotopic (exact) mass is 352 g/mol. The maximum atomic E-state index is 12.4. The molecule has 2 aromatic rings. The first kappa shape index (κ1) is 17.5. The zero-order valence-corrected chi connectivity index (χ0v) is 14.6. The van der Waals surface area contributed by atoms with Crippen molar-refractivity contribution in [3.63, 3.8) is 0 Å². The van der Waals surface area contributed by atoms with Gasteiger partial charge in [-0.15, -0.1) is 0 Å². The minimum atomic E-state index is -0.535. The number of ether oxygens (including phenoxy) is 2. The van der Waals surface area contributed by atoms with Crippen LogP contribution in [0.5, 0.6) is 11.5 Å². The highest BCUT2D eigenvalue weighted by Crippen LogP contribution is 2.45. The molecule has 6 nitrogen and oxygen atoms in total. The molecule has 0 bridgehead atoms. The van der Waals surface area contributed by atoms with Gasteiger partial charge in [-0.2, -0.15) is 0 Å². The van der Waals surface area contributed by atoms with Crippen LogP contribution < -0.4 is 20.1 Å². The summed E-state index contributed by atoms with van der Waals surface area (Å²) in [7, 11) is 3.12. The van der Waals surface area contributed by atoms with Crippen molar-refractivity contribution in [1.29, 1.82) is 0 Å². The van der Waals surface area contributed by atoms with Crippen molar-refractivity contribution < 1.29 is 19.1 Å². The van der Waals surface area contributed by atoms with Gasteiger partial charge in [-0.05, 0) is 24.3 Å². The predicted octanol–water partition coefficient (Wildman–Crippen LogP) is 3.08. The molecule has 2 aromatic carbocycles. The SMILES string of the molecule is C=C1C(C(=O)Nc2cccc(OC)c2)[C@H]1C(=O)Nc1cccc(OC)c1. The van der Waals surface area contributed by atoms with Crippen molar-refractivity contribution in [1.82, 2.24) is 0 Å². The number of nitrogens with one attached hydrogen (secondary N) is 2. The number of carbonyl (C=O) groups excluding carboxylic acids is 2. The maximum Gasteiger partial charge on any atom is 0.232 e. The largest absolute Gasteiger partial charge is 0.497 e. The number of anilines is 2. The Morgan fingerprint density at radius 1 is 0.846 bits per heavy atom. The summed E-state index contributed by atoms with van der Waals surface area (Å²) in [5.74, 6) is -0.295. The molecule has 1 aliphatic carbocycles. The summed E-state index contributed by atoms with van der Waals surface area (Å²) < 4.78 is 10.3. The number of methoxy groups -OCH3 is 2. The predicted molar refractivity (Wildman–Crippen MR) is 99.4 cm³/mol. The molecule has 0 spiro atoms. The molecule has 0 aliphatic heterocycles. The van der Waals surface area contributed by atoms with Crippen LogP contribution in [0.3, 0.4) is 0 Å². The summed E-state index contributed by atoms with van der Waals surface area (Å²) in [5.41, 5.74) is 1.83. The van der Waals surface area contributed by atoms with E-state index in [2.05, 4.69) is 17.2 Å². The molecule has 1 fully saturated rings. The fourth-order valence-electron chi connectivity index (χ4n) is 2.80. The first-order chi connectivity index (χ1) is 12.5. The van der Waals surface area contributed by atoms with E-state index >= 15 is 0 Å². The second-order valence-corrected chi connectivity index (χ2v) is 5.97. The molecule has 1 aliphatic rings. The van der Waals surface area contributed by atoms with E-state index in [9.17, 15) is 9.59 Å². The Morgan fingerprint density at radius 2 is 1.27 bits per heavy atom. The summed E-state index contributed by atoms with van der Waals surface area (Å²) in [5, 5.41) is 5.59. The molecular weight excluding hydrogens is 332 g/mol. The Kier molecular flexibility index (Phi) is 4.93. The quantitative estimate of drug-likeness (QED) is 0.784. The van der Waals surface area contributed by atoms with Gasteiger partial charge < -0.3 is 20.1 Å². The average molecular weight is 352 g/mol. The zero-order chi connectivity index (χ0) is 18.7. The van der Waals surface area contributed by atoms with Gasteiger partial charge in [0.2, 0.25) is 11.8 Å². The van der Waals surface area contributed by atoms with E-state index in [1.54, 1.807) is 62.8 Å². The minimum Gasteiger partial charge on any atom is -0.497 e. The van der Waals surface area contributed by atoms with Gasteiger partial charge in [-0.3, -0.25) is 9.59 Å². The summed E-state index contributed by atoms with van der Waals surface area (Å²) in [6, 6.07) is 14.1. The highest BCUT2D eigenvalue weighted by atomic mass is 16.5. The Bertz CT molecular complexity index is 793. The van der Waals surface area contributed by atoms with E-state index in [1.807, 2.05) is 0 Å². The smallest absolute Gasteiger partial charge is 0.232 e. The van der Waals surface area contributed by atoms with E-state index < -0.39 is 11.8 Å². The van der Waals surface area contributed by atoms with Crippen LogP contribution in [0.15, 0.2) is 60.7 Å². The summed E-state index contributed by atoms with van der Waals surface area (Å²) in [6.45, 7) is 3.85. The van der Waals surface area contributed by atoms with Crippen LogP contribution in [-0.2, 0) is 9.59 Å². The third kappa shape index (κ3) is 3.69. The Balaban J connectivity index is 1.62. The van der Waals surface area contributed by atoms with Crippen molar-refractivity contribution in [2.45, 2.75) is 0 Å². The minimum absolute atomic E-state index is 0.256. The van der Waals surface area contributed by atoms with Crippen LogP contribution in [0.2, 0.25) is 0 Å². The molecule has 0 saturated heterocycles. The number of carbonyl (C=O) groups is 2. The lowest BCUT2D eigenvalue weighted by molar-refractivity contribution is -0.122. The molecule has 2 atom stereocenters. The van der Waals surface area contributed by atoms with Crippen molar-refractivity contribution >= 4 is 23.2 Å². The van der Waals surface area contributed by atoms with Crippen molar-refractivity contribution in [2.75, 3.05) is 24.9 Å². The topological polar surface area (TPSA) is 76.7 Å². The second-order valence-electron chi connectivity index (χ2n) is 5.97. The molecule has 134 valence electrons. The van der Waals surface area contributed by atoms with E-state index in [1.165, 1.54) is 0 Å². The van der Waals surface area contributed by atoms with Crippen LogP contribution in [0, 0.1) is 11.8 Å². The van der Waals surface area contributed by atoms with Crippen LogP contribution in [-0.4, -0.2) is 26.0 Å². The fraction of sp³-hybridized carbons (Fsp3) is 0.200. The lowest BCUT2D eigenvalue weighted by atomic mass is 10.2. The first-order valence-corrected chi connectivity index (χ1v) is 8.12. The standard InChI is InChI=1S/C20H20N2O4/c1-12-17(19(23)21-13-6-4-8-15(10-13)25-2)18(12)20(24)22-14-7-5-9-16(11-14)26-3/h4-11,17-18H,1H2,2-3H3,(H,21,23)(H,22,24)/t17-,18?/m0/s1. The van der Waals surface area contributed by atoms with Crippen molar-refractivity contribution in [3.05, 3.63) is 60.7 Å². The normalized spacial score (nSPS) is 18.0. The highest BCUT2D eigenvalue weighted by Gasteiger charge is 2.52. The second kappa shape index (κ2) is 7.31. The molecule has 0 heterocycles. The third-order valence-electron chi connectivity index (χ3n) is 4.26. The van der Waals surface area contributed by atoms with Gasteiger partial charge in [0, 0.05) is 23.5 Å². The van der Waals surface area contributed by atoms with Gasteiger partial charge >= 0.3 is 0 Å². The van der Waals surface area contributed by atoms with Crippen LogP contribution in [0.25, 0.3) is 0 Å². The van der Waals surface area contributed by atoms with E-state index in [4.69, 9.17) is 9.47 Å². The first-order valence-electron chi connectivity index (χ1n) is 8.12. The Morgan fingerprint density at radius 3 is 1.65 bits per heavy atom. The van der Waals surface area contributed by atoms with Gasteiger partial charge in [0.25, 0.3) is 0 Å². The molecule has 1 saturated carbocycles. The van der Waals surface area contributed by atoms with Crippen LogP contribution in [0.1, 0.15) is 0 Å². The summed E-state index contributed by atoms with van der Waals surface area (Å²) in [6.07, 6.45) is 0. The van der Waals surface area contributed by atoms with Crippen molar-refractivity contribution in [3.8, 4) is 11.5 Å². The molecule has 2 N–H and O–H groups in total. The molecule has 2 amide bonds. The average Bonchev–Trinajstić information content (AvgIpc) is 3.33. The molecule has 3 rings (SSSR count). The molecule has 1 unspecified atom stereocenters. The van der Waals surface area contributed by atoms with Gasteiger partial charge in [-0.1, -0.05) is 24.3 Å². The number of rotatable bonds is 6. The molecular formula is C20H20N2O4. The Labute approximate surface area is 151 Å². The highest BCUT2D eigenvalue weighted by molar-refractivity contribution is 6.08. The van der Waals surface area contributed by atoms with Gasteiger partial charge in [0.15, 0.2) is 0 Å². The molecule has 6 heteroatoms. The Hall–Kier alpha value is -3.28. The zero-order valence-electron chi connectivity index (χ0n) is 14.6. The van der Waals surface area contributed by atoms with Crippen LogP contribution in [0.4, 0.5) is 11.4 Å². The molecule has 26 heavy (non-hydrogen) atoms. The third-order valence-corrected chi connectivity index (χ3v) is 4.26. The number of hydrogen-bond acceptors (Lipinski definition) is 4. The van der Waals surface area contributed by atoms with Gasteiger partial charge in [-0.25, -0.2) is 0 Å². The van der Waals surface area contributed by atoms with E-state index in [0.29, 0.717) is 28.4 Å².